The van der Waals surface area contributed by atoms with E-state index in [-0.39, 0.29) is 18.4 Å². The number of carbonyl (C=O) groups is 1. The van der Waals surface area contributed by atoms with Crippen molar-refractivity contribution in [2.24, 2.45) is 13.0 Å². The predicted molar refractivity (Wildman–Crippen MR) is 79.6 cm³/mol. The van der Waals surface area contributed by atoms with E-state index < -0.39 is 0 Å². The smallest absolute Gasteiger partial charge is 0.251 e. The monoisotopic (exact) mass is 288 g/mol. The lowest BCUT2D eigenvalue weighted by Crippen LogP contribution is -2.28. The summed E-state index contributed by atoms with van der Waals surface area (Å²) in [5.74, 6) is 0.789. The molecule has 0 aliphatic heterocycles. The summed E-state index contributed by atoms with van der Waals surface area (Å²) in [6.07, 6.45) is 2.32. The van der Waals surface area contributed by atoms with Gasteiger partial charge in [0.1, 0.15) is 6.33 Å². The van der Waals surface area contributed by atoms with E-state index in [9.17, 15) is 4.79 Å². The van der Waals surface area contributed by atoms with Gasteiger partial charge in [-0.25, -0.2) is 4.98 Å². The molecule has 1 aromatic heterocycles. The molecule has 0 aliphatic carbocycles. The molecule has 0 spiro atoms. The van der Waals surface area contributed by atoms with Crippen molar-refractivity contribution in [3.8, 4) is 11.4 Å². The van der Waals surface area contributed by atoms with Crippen molar-refractivity contribution in [1.29, 1.82) is 0 Å². The van der Waals surface area contributed by atoms with Crippen LogP contribution in [0.1, 0.15) is 23.7 Å². The van der Waals surface area contributed by atoms with E-state index in [4.69, 9.17) is 5.11 Å². The molecule has 0 saturated carbocycles. The van der Waals surface area contributed by atoms with E-state index in [0.717, 1.165) is 5.56 Å². The summed E-state index contributed by atoms with van der Waals surface area (Å²) in [4.78, 5) is 16.2. The standard InChI is InChI=1S/C15H20N4O2/c1-11(7-8-20)9-16-15(21)13-5-3-12(4-6-13)14-17-10-19(2)18-14/h3-6,10-11,20H,7-9H2,1-2H3,(H,16,21). The van der Waals surface area contributed by atoms with Gasteiger partial charge in [-0.05, 0) is 24.5 Å². The van der Waals surface area contributed by atoms with Crippen LogP contribution in [0, 0.1) is 5.92 Å². The molecule has 21 heavy (non-hydrogen) atoms. The number of nitrogens with one attached hydrogen (secondary N) is 1. The third kappa shape index (κ3) is 4.13. The van der Waals surface area contributed by atoms with Crippen molar-refractivity contribution >= 4 is 5.91 Å². The van der Waals surface area contributed by atoms with Gasteiger partial charge in [-0.1, -0.05) is 19.1 Å². The zero-order valence-electron chi connectivity index (χ0n) is 12.3. The number of aryl methyl sites for hydroxylation is 1. The van der Waals surface area contributed by atoms with Gasteiger partial charge in [0, 0.05) is 31.3 Å². The fourth-order valence-electron chi connectivity index (χ4n) is 1.93. The zero-order valence-corrected chi connectivity index (χ0v) is 12.3. The number of hydrogen-bond acceptors (Lipinski definition) is 4. The maximum atomic E-state index is 12.0. The molecule has 0 bridgehead atoms. The van der Waals surface area contributed by atoms with Gasteiger partial charge in [-0.2, -0.15) is 5.10 Å². The number of aliphatic hydroxyl groups excluding tert-OH is 1. The number of rotatable bonds is 6. The number of hydrogen-bond donors (Lipinski definition) is 2. The van der Waals surface area contributed by atoms with Crippen LogP contribution in [0.25, 0.3) is 11.4 Å². The summed E-state index contributed by atoms with van der Waals surface area (Å²) in [6, 6.07) is 7.19. The average Bonchev–Trinajstić information content (AvgIpc) is 2.92. The summed E-state index contributed by atoms with van der Waals surface area (Å²) >= 11 is 0. The minimum absolute atomic E-state index is 0.111. The Morgan fingerprint density at radius 2 is 2.10 bits per heavy atom. The minimum atomic E-state index is -0.111. The molecular weight excluding hydrogens is 268 g/mol. The van der Waals surface area contributed by atoms with Gasteiger partial charge in [0.25, 0.3) is 5.91 Å². The van der Waals surface area contributed by atoms with E-state index in [1.54, 1.807) is 23.1 Å². The molecule has 2 aromatic rings. The van der Waals surface area contributed by atoms with Gasteiger partial charge < -0.3 is 10.4 Å². The van der Waals surface area contributed by atoms with Crippen molar-refractivity contribution in [3.63, 3.8) is 0 Å². The van der Waals surface area contributed by atoms with Crippen molar-refractivity contribution in [2.75, 3.05) is 13.2 Å². The zero-order chi connectivity index (χ0) is 15.2. The summed E-state index contributed by atoms with van der Waals surface area (Å²) in [6.45, 7) is 2.69. The van der Waals surface area contributed by atoms with Crippen molar-refractivity contribution < 1.29 is 9.90 Å². The molecule has 0 fully saturated rings. The molecule has 2 N–H and O–H groups in total. The molecule has 0 radical (unpaired) electrons. The third-order valence-electron chi connectivity index (χ3n) is 3.24. The molecule has 1 atom stereocenters. The number of aliphatic hydroxyl groups is 1. The normalized spacial score (nSPS) is 12.1. The Morgan fingerprint density at radius 1 is 1.38 bits per heavy atom. The third-order valence-corrected chi connectivity index (χ3v) is 3.24. The summed E-state index contributed by atoms with van der Waals surface area (Å²) in [5, 5.41) is 15.9. The lowest BCUT2D eigenvalue weighted by Gasteiger charge is -2.11. The predicted octanol–water partition coefficient (Wildman–Crippen LogP) is 1.23. The maximum absolute atomic E-state index is 12.0. The Labute approximate surface area is 123 Å². The molecule has 0 saturated heterocycles. The molecule has 2 rings (SSSR count). The largest absolute Gasteiger partial charge is 0.396 e. The van der Waals surface area contributed by atoms with Crippen LogP contribution >= 0.6 is 0 Å². The molecule has 1 heterocycles. The number of amides is 1. The highest BCUT2D eigenvalue weighted by molar-refractivity contribution is 5.94. The van der Waals surface area contributed by atoms with Gasteiger partial charge in [-0.15, -0.1) is 0 Å². The first-order chi connectivity index (χ1) is 10.1. The van der Waals surface area contributed by atoms with Gasteiger partial charge >= 0.3 is 0 Å². The number of benzene rings is 1. The van der Waals surface area contributed by atoms with E-state index in [1.807, 2.05) is 26.1 Å². The second-order valence-electron chi connectivity index (χ2n) is 5.15. The first kappa shape index (κ1) is 15.2. The Morgan fingerprint density at radius 3 is 2.67 bits per heavy atom. The summed E-state index contributed by atoms with van der Waals surface area (Å²) < 4.78 is 1.64. The van der Waals surface area contributed by atoms with Crippen molar-refractivity contribution in [2.45, 2.75) is 13.3 Å². The average molecular weight is 288 g/mol. The van der Waals surface area contributed by atoms with Crippen LogP contribution in [0.4, 0.5) is 0 Å². The second kappa shape index (κ2) is 6.99. The second-order valence-corrected chi connectivity index (χ2v) is 5.15. The fourth-order valence-corrected chi connectivity index (χ4v) is 1.93. The van der Waals surface area contributed by atoms with Crippen LogP contribution in [0.2, 0.25) is 0 Å². The molecule has 6 heteroatoms. The van der Waals surface area contributed by atoms with E-state index in [2.05, 4.69) is 15.4 Å². The van der Waals surface area contributed by atoms with Gasteiger partial charge in [0.2, 0.25) is 0 Å². The Bertz CT molecular complexity index is 592. The molecule has 1 amide bonds. The molecule has 6 nitrogen and oxygen atoms in total. The number of carbonyl (C=O) groups excluding carboxylic acids is 1. The van der Waals surface area contributed by atoms with Crippen LogP contribution in [0.3, 0.4) is 0 Å². The van der Waals surface area contributed by atoms with Crippen molar-refractivity contribution in [3.05, 3.63) is 36.2 Å². The molecule has 0 aliphatic rings. The Balaban J connectivity index is 1.97. The lowest BCUT2D eigenvalue weighted by atomic mass is 10.1. The van der Waals surface area contributed by atoms with Gasteiger partial charge in [0.05, 0.1) is 0 Å². The first-order valence-electron chi connectivity index (χ1n) is 6.95. The highest BCUT2D eigenvalue weighted by atomic mass is 16.3. The maximum Gasteiger partial charge on any atom is 0.251 e. The Kier molecular flexibility index (Phi) is 5.05. The van der Waals surface area contributed by atoms with Crippen LogP contribution < -0.4 is 5.32 Å². The van der Waals surface area contributed by atoms with E-state index in [1.165, 1.54) is 0 Å². The minimum Gasteiger partial charge on any atom is -0.396 e. The summed E-state index contributed by atoms with van der Waals surface area (Å²) in [7, 11) is 1.81. The molecular formula is C15H20N4O2. The van der Waals surface area contributed by atoms with E-state index in [0.29, 0.717) is 24.4 Å². The Hall–Kier alpha value is -2.21. The SMILES string of the molecule is CC(CCO)CNC(=O)c1ccc(-c2ncn(C)n2)cc1. The fraction of sp³-hybridized carbons (Fsp3) is 0.400. The van der Waals surface area contributed by atoms with Crippen LogP contribution in [0.5, 0.6) is 0 Å². The molecule has 112 valence electrons. The van der Waals surface area contributed by atoms with E-state index >= 15 is 0 Å². The summed E-state index contributed by atoms with van der Waals surface area (Å²) in [5.41, 5.74) is 1.48. The van der Waals surface area contributed by atoms with Gasteiger partial charge in [0.15, 0.2) is 5.82 Å². The quantitative estimate of drug-likeness (QED) is 0.838. The highest BCUT2D eigenvalue weighted by Gasteiger charge is 2.09. The van der Waals surface area contributed by atoms with Crippen LogP contribution in [-0.2, 0) is 7.05 Å². The lowest BCUT2D eigenvalue weighted by molar-refractivity contribution is 0.0945. The van der Waals surface area contributed by atoms with Gasteiger partial charge in [-0.3, -0.25) is 9.48 Å². The topological polar surface area (TPSA) is 80.0 Å². The van der Waals surface area contributed by atoms with Crippen LogP contribution in [-0.4, -0.2) is 38.9 Å². The number of nitrogens with zero attached hydrogens (tertiary/aromatic N) is 3. The van der Waals surface area contributed by atoms with Crippen LogP contribution in [0.15, 0.2) is 30.6 Å². The number of aromatic nitrogens is 3. The molecule has 1 aromatic carbocycles. The first-order valence-corrected chi connectivity index (χ1v) is 6.95. The molecule has 1 unspecified atom stereocenters. The highest BCUT2D eigenvalue weighted by Crippen LogP contribution is 2.15. The van der Waals surface area contributed by atoms with Crippen molar-refractivity contribution in [1.82, 2.24) is 20.1 Å².